The van der Waals surface area contributed by atoms with Crippen molar-refractivity contribution in [2.45, 2.75) is 42.7 Å². The minimum absolute atomic E-state index is 0.284. The number of hydrogen-bond acceptors (Lipinski definition) is 5. The lowest BCUT2D eigenvalue weighted by Gasteiger charge is -2.28. The van der Waals surface area contributed by atoms with Gasteiger partial charge in [-0.2, -0.15) is 0 Å². The van der Waals surface area contributed by atoms with E-state index in [-0.39, 0.29) is 4.90 Å². The molecule has 0 N–H and O–H groups in total. The van der Waals surface area contributed by atoms with Gasteiger partial charge in [-0.1, -0.05) is 0 Å². The highest BCUT2D eigenvalue weighted by Crippen LogP contribution is 2.46. The summed E-state index contributed by atoms with van der Waals surface area (Å²) in [5, 5.41) is 0. The third-order valence-corrected chi connectivity index (χ3v) is 6.85. The molecule has 1 aromatic heterocycles. The fourth-order valence-electron chi connectivity index (χ4n) is 4.28. The lowest BCUT2D eigenvalue weighted by molar-refractivity contribution is 0.281. The SMILES string of the molecule is CN(C)C1C[C@@H]2CC(N(C)c3ccc(S(C)(=O)=O)cn3)C[C@@H]2C1. The van der Waals surface area contributed by atoms with Crippen LogP contribution in [0.25, 0.3) is 0 Å². The molecule has 2 aliphatic rings. The molecule has 2 saturated carbocycles. The van der Waals surface area contributed by atoms with Gasteiger partial charge in [0.05, 0.1) is 4.90 Å². The molecule has 2 fully saturated rings. The molecule has 3 rings (SSSR count). The maximum absolute atomic E-state index is 11.5. The van der Waals surface area contributed by atoms with Gasteiger partial charge in [-0.3, -0.25) is 0 Å². The zero-order valence-electron chi connectivity index (χ0n) is 14.4. The largest absolute Gasteiger partial charge is 0.357 e. The number of hydrogen-bond donors (Lipinski definition) is 0. The number of fused-ring (bicyclic) bond motifs is 1. The van der Waals surface area contributed by atoms with Gasteiger partial charge in [0.15, 0.2) is 9.84 Å². The van der Waals surface area contributed by atoms with Gasteiger partial charge in [-0.25, -0.2) is 13.4 Å². The molecule has 4 atom stereocenters. The third-order valence-electron chi connectivity index (χ3n) is 5.75. The lowest BCUT2D eigenvalue weighted by Crippen LogP contribution is -2.32. The molecular weight excluding hydrogens is 310 g/mol. The molecule has 2 aliphatic carbocycles. The molecule has 5 nitrogen and oxygen atoms in total. The lowest BCUT2D eigenvalue weighted by atomic mass is 10.0. The fraction of sp³-hybridized carbons (Fsp3) is 0.706. The van der Waals surface area contributed by atoms with Gasteiger partial charge in [0.2, 0.25) is 0 Å². The van der Waals surface area contributed by atoms with Crippen molar-refractivity contribution in [1.82, 2.24) is 9.88 Å². The van der Waals surface area contributed by atoms with Crippen LogP contribution < -0.4 is 4.90 Å². The minimum Gasteiger partial charge on any atom is -0.357 e. The van der Waals surface area contributed by atoms with Crippen molar-refractivity contribution < 1.29 is 8.42 Å². The molecule has 0 amide bonds. The van der Waals surface area contributed by atoms with E-state index in [9.17, 15) is 8.42 Å². The second kappa shape index (κ2) is 6.06. The maximum atomic E-state index is 11.5. The zero-order chi connectivity index (χ0) is 16.8. The third kappa shape index (κ3) is 3.38. The Morgan fingerprint density at radius 1 is 1.00 bits per heavy atom. The highest BCUT2D eigenvalue weighted by atomic mass is 32.2. The van der Waals surface area contributed by atoms with E-state index in [4.69, 9.17) is 0 Å². The van der Waals surface area contributed by atoms with Crippen LogP contribution in [0.4, 0.5) is 5.82 Å². The van der Waals surface area contributed by atoms with Crippen LogP contribution in [-0.4, -0.2) is 57.8 Å². The van der Waals surface area contributed by atoms with Crippen molar-refractivity contribution in [1.29, 1.82) is 0 Å². The van der Waals surface area contributed by atoms with Crippen molar-refractivity contribution >= 4 is 15.7 Å². The standard InChI is InChI=1S/C17H27N3O2S/c1-19(2)14-7-12-9-15(10-13(12)8-14)20(3)17-6-5-16(11-18-17)23(4,21)22/h5-6,11-15H,7-10H2,1-4H3/t12-,13+,14?,15?. The van der Waals surface area contributed by atoms with Crippen LogP contribution >= 0.6 is 0 Å². The highest BCUT2D eigenvalue weighted by Gasteiger charge is 2.43. The average molecular weight is 337 g/mol. The van der Waals surface area contributed by atoms with Gasteiger partial charge in [-0.15, -0.1) is 0 Å². The normalized spacial score (nSPS) is 30.7. The van der Waals surface area contributed by atoms with E-state index in [2.05, 4.69) is 35.9 Å². The quantitative estimate of drug-likeness (QED) is 0.841. The van der Waals surface area contributed by atoms with Crippen molar-refractivity contribution in [3.05, 3.63) is 18.3 Å². The molecule has 23 heavy (non-hydrogen) atoms. The van der Waals surface area contributed by atoms with Crippen molar-refractivity contribution in [3.8, 4) is 0 Å². The monoisotopic (exact) mass is 337 g/mol. The van der Waals surface area contributed by atoms with Crippen LogP contribution in [0.15, 0.2) is 23.2 Å². The topological polar surface area (TPSA) is 53.5 Å². The van der Waals surface area contributed by atoms with Gasteiger partial charge in [0.25, 0.3) is 0 Å². The van der Waals surface area contributed by atoms with Crippen LogP contribution in [0.5, 0.6) is 0 Å². The Bertz CT molecular complexity index is 643. The molecule has 0 radical (unpaired) electrons. The Hall–Kier alpha value is -1.14. The van der Waals surface area contributed by atoms with Crippen LogP contribution in [-0.2, 0) is 9.84 Å². The number of rotatable bonds is 4. The predicted molar refractivity (Wildman–Crippen MR) is 92.5 cm³/mol. The number of aromatic nitrogens is 1. The number of sulfone groups is 1. The first-order valence-corrected chi connectivity index (χ1v) is 10.2. The summed E-state index contributed by atoms with van der Waals surface area (Å²) in [5.74, 6) is 2.52. The van der Waals surface area contributed by atoms with E-state index in [1.54, 1.807) is 6.07 Å². The van der Waals surface area contributed by atoms with Gasteiger partial charge in [0, 0.05) is 31.6 Å². The number of pyridine rings is 1. The van der Waals surface area contributed by atoms with E-state index in [0.717, 1.165) is 23.7 Å². The minimum atomic E-state index is -3.18. The van der Waals surface area contributed by atoms with Crippen molar-refractivity contribution in [2.24, 2.45) is 11.8 Å². The summed E-state index contributed by atoms with van der Waals surface area (Å²) in [6.07, 6.45) is 7.75. The van der Waals surface area contributed by atoms with Crippen molar-refractivity contribution in [2.75, 3.05) is 32.3 Å². The second-order valence-corrected chi connectivity index (χ2v) is 9.49. The summed E-state index contributed by atoms with van der Waals surface area (Å²) in [4.78, 5) is 9.24. The Morgan fingerprint density at radius 3 is 2.00 bits per heavy atom. The van der Waals surface area contributed by atoms with Crippen LogP contribution in [0.1, 0.15) is 25.7 Å². The number of nitrogens with zero attached hydrogens (tertiary/aromatic N) is 3. The molecular formula is C17H27N3O2S. The smallest absolute Gasteiger partial charge is 0.177 e. The van der Waals surface area contributed by atoms with Crippen molar-refractivity contribution in [3.63, 3.8) is 0 Å². The first-order chi connectivity index (χ1) is 10.8. The summed E-state index contributed by atoms with van der Waals surface area (Å²) in [6.45, 7) is 0. The van der Waals surface area contributed by atoms with Gasteiger partial charge in [0.1, 0.15) is 5.82 Å². The Kier molecular flexibility index (Phi) is 4.40. The molecule has 0 spiro atoms. The predicted octanol–water partition coefficient (Wildman–Crippen LogP) is 2.04. The Balaban J connectivity index is 1.65. The molecule has 0 aromatic carbocycles. The summed E-state index contributed by atoms with van der Waals surface area (Å²) in [6, 6.07) is 4.74. The van der Waals surface area contributed by atoms with E-state index < -0.39 is 9.84 Å². The van der Waals surface area contributed by atoms with Crippen LogP contribution in [0.3, 0.4) is 0 Å². The summed E-state index contributed by atoms with van der Waals surface area (Å²) < 4.78 is 23.1. The molecule has 128 valence electrons. The van der Waals surface area contributed by atoms with Crippen LogP contribution in [0, 0.1) is 11.8 Å². The highest BCUT2D eigenvalue weighted by molar-refractivity contribution is 7.90. The summed E-state index contributed by atoms with van der Waals surface area (Å²) >= 11 is 0. The van der Waals surface area contributed by atoms with E-state index in [0.29, 0.717) is 6.04 Å². The molecule has 1 heterocycles. The number of anilines is 1. The molecule has 0 saturated heterocycles. The van der Waals surface area contributed by atoms with Gasteiger partial charge >= 0.3 is 0 Å². The van der Waals surface area contributed by atoms with E-state index >= 15 is 0 Å². The molecule has 0 aliphatic heterocycles. The molecule has 0 bridgehead atoms. The summed E-state index contributed by atoms with van der Waals surface area (Å²) in [5.41, 5.74) is 0. The Labute approximate surface area is 139 Å². The molecule has 1 aromatic rings. The van der Waals surface area contributed by atoms with E-state index in [1.165, 1.54) is 38.1 Å². The maximum Gasteiger partial charge on any atom is 0.177 e. The summed E-state index contributed by atoms with van der Waals surface area (Å²) in [7, 11) is 3.27. The molecule has 2 unspecified atom stereocenters. The average Bonchev–Trinajstić information content (AvgIpc) is 3.04. The van der Waals surface area contributed by atoms with E-state index in [1.807, 2.05) is 6.07 Å². The second-order valence-electron chi connectivity index (χ2n) is 7.47. The van der Waals surface area contributed by atoms with Gasteiger partial charge in [-0.05, 0) is 63.7 Å². The first-order valence-electron chi connectivity index (χ1n) is 8.31. The molecule has 6 heteroatoms. The van der Waals surface area contributed by atoms with Gasteiger partial charge < -0.3 is 9.80 Å². The first kappa shape index (κ1) is 16.7. The Morgan fingerprint density at radius 2 is 1.57 bits per heavy atom. The fourth-order valence-corrected chi connectivity index (χ4v) is 4.84. The van der Waals surface area contributed by atoms with Crippen LogP contribution in [0.2, 0.25) is 0 Å². The zero-order valence-corrected chi connectivity index (χ0v) is 15.3.